The van der Waals surface area contributed by atoms with Gasteiger partial charge in [0.15, 0.2) is 0 Å². The SMILES string of the molecule is COc1cc(C=CC(=O)NN2CCCC(c3ccc(F)cc3Br)C2=O)ccc1-n1cnc(C)c1. The quantitative estimate of drug-likeness (QED) is 0.478. The number of rotatable bonds is 6. The van der Waals surface area contributed by atoms with Crippen molar-refractivity contribution in [3.05, 3.63) is 82.1 Å². The summed E-state index contributed by atoms with van der Waals surface area (Å²) >= 11 is 3.34. The number of halogens is 2. The molecule has 1 unspecified atom stereocenters. The number of hydrogen-bond acceptors (Lipinski definition) is 4. The highest BCUT2D eigenvalue weighted by Crippen LogP contribution is 2.33. The first-order valence-electron chi connectivity index (χ1n) is 10.8. The van der Waals surface area contributed by atoms with Crippen LogP contribution in [0, 0.1) is 12.7 Å². The van der Waals surface area contributed by atoms with E-state index in [-0.39, 0.29) is 11.7 Å². The second-order valence-electron chi connectivity index (χ2n) is 8.01. The number of hydrazine groups is 1. The molecule has 0 radical (unpaired) electrons. The number of piperidine rings is 1. The lowest BCUT2D eigenvalue weighted by Crippen LogP contribution is -2.50. The number of benzene rings is 2. The third-order valence-corrected chi connectivity index (χ3v) is 6.33. The highest BCUT2D eigenvalue weighted by molar-refractivity contribution is 9.10. The predicted octanol–water partition coefficient (Wildman–Crippen LogP) is 4.54. The Labute approximate surface area is 205 Å². The van der Waals surface area contributed by atoms with Gasteiger partial charge in [0.25, 0.3) is 5.91 Å². The minimum absolute atomic E-state index is 0.220. The van der Waals surface area contributed by atoms with E-state index in [9.17, 15) is 14.0 Å². The number of carbonyl (C=O) groups excluding carboxylic acids is 2. The molecule has 1 aliphatic heterocycles. The molecule has 0 bridgehead atoms. The molecule has 9 heteroatoms. The lowest BCUT2D eigenvalue weighted by atomic mass is 9.90. The molecule has 1 fully saturated rings. The third-order valence-electron chi connectivity index (χ3n) is 5.64. The maximum Gasteiger partial charge on any atom is 0.262 e. The highest BCUT2D eigenvalue weighted by atomic mass is 79.9. The molecule has 1 aromatic heterocycles. The Morgan fingerprint density at radius 1 is 1.29 bits per heavy atom. The molecule has 0 aliphatic carbocycles. The molecule has 1 atom stereocenters. The van der Waals surface area contributed by atoms with Crippen LogP contribution < -0.4 is 10.2 Å². The number of methoxy groups -OCH3 is 1. The van der Waals surface area contributed by atoms with Crippen LogP contribution in [-0.4, -0.2) is 40.0 Å². The van der Waals surface area contributed by atoms with Crippen molar-refractivity contribution in [2.45, 2.75) is 25.7 Å². The molecule has 0 saturated carbocycles. The smallest absolute Gasteiger partial charge is 0.262 e. The Morgan fingerprint density at radius 2 is 2.12 bits per heavy atom. The van der Waals surface area contributed by atoms with E-state index in [1.165, 1.54) is 23.2 Å². The van der Waals surface area contributed by atoms with Crippen molar-refractivity contribution in [1.82, 2.24) is 20.0 Å². The average Bonchev–Trinajstić information content (AvgIpc) is 3.25. The first kappa shape index (κ1) is 23.7. The normalized spacial score (nSPS) is 16.2. The van der Waals surface area contributed by atoms with Gasteiger partial charge in [-0.05, 0) is 61.2 Å². The van der Waals surface area contributed by atoms with Gasteiger partial charge in [0, 0.05) is 23.3 Å². The molecule has 2 amide bonds. The zero-order valence-corrected chi connectivity index (χ0v) is 20.4. The molecule has 0 spiro atoms. The fourth-order valence-electron chi connectivity index (χ4n) is 3.97. The van der Waals surface area contributed by atoms with Gasteiger partial charge in [-0.2, -0.15) is 0 Å². The number of amides is 2. The molecule has 34 heavy (non-hydrogen) atoms. The Balaban J connectivity index is 1.43. The van der Waals surface area contributed by atoms with Gasteiger partial charge in [-0.1, -0.05) is 28.1 Å². The van der Waals surface area contributed by atoms with E-state index in [1.807, 2.05) is 35.9 Å². The monoisotopic (exact) mass is 526 g/mol. The Bertz CT molecular complexity index is 1260. The predicted molar refractivity (Wildman–Crippen MR) is 130 cm³/mol. The molecular formula is C25H24BrFN4O3. The maximum atomic E-state index is 13.4. The fraction of sp³-hybridized carbons (Fsp3) is 0.240. The summed E-state index contributed by atoms with van der Waals surface area (Å²) in [5, 5.41) is 1.34. The van der Waals surface area contributed by atoms with E-state index in [2.05, 4.69) is 26.3 Å². The van der Waals surface area contributed by atoms with Crippen LogP contribution in [-0.2, 0) is 9.59 Å². The number of imidazole rings is 1. The number of aromatic nitrogens is 2. The van der Waals surface area contributed by atoms with Crippen LogP contribution in [0.1, 0.15) is 35.6 Å². The van der Waals surface area contributed by atoms with Crippen molar-refractivity contribution in [2.24, 2.45) is 0 Å². The molecule has 176 valence electrons. The van der Waals surface area contributed by atoms with Crippen molar-refractivity contribution in [1.29, 1.82) is 0 Å². The summed E-state index contributed by atoms with van der Waals surface area (Å²) in [5.41, 5.74) is 5.87. The summed E-state index contributed by atoms with van der Waals surface area (Å²) in [6.45, 7) is 2.33. The lowest BCUT2D eigenvalue weighted by Gasteiger charge is -2.32. The molecule has 1 saturated heterocycles. The van der Waals surface area contributed by atoms with E-state index in [1.54, 1.807) is 25.6 Å². The van der Waals surface area contributed by atoms with Gasteiger partial charge in [0.2, 0.25) is 5.91 Å². The fourth-order valence-corrected chi connectivity index (χ4v) is 4.59. The molecule has 4 rings (SSSR count). The van der Waals surface area contributed by atoms with Crippen LogP contribution in [0.4, 0.5) is 4.39 Å². The maximum absolute atomic E-state index is 13.4. The number of aryl methyl sites for hydroxylation is 1. The number of carbonyl (C=O) groups is 2. The van der Waals surface area contributed by atoms with E-state index in [4.69, 9.17) is 4.74 Å². The summed E-state index contributed by atoms with van der Waals surface area (Å²) in [7, 11) is 1.58. The molecule has 1 N–H and O–H groups in total. The summed E-state index contributed by atoms with van der Waals surface area (Å²) in [6.07, 6.45) is 7.99. The van der Waals surface area contributed by atoms with Gasteiger partial charge in [0.05, 0.1) is 30.7 Å². The molecular weight excluding hydrogens is 503 g/mol. The van der Waals surface area contributed by atoms with Crippen LogP contribution in [0.3, 0.4) is 0 Å². The largest absolute Gasteiger partial charge is 0.495 e. The van der Waals surface area contributed by atoms with Gasteiger partial charge in [-0.25, -0.2) is 9.37 Å². The minimum Gasteiger partial charge on any atom is -0.495 e. The molecule has 7 nitrogen and oxygen atoms in total. The average molecular weight is 527 g/mol. The Kier molecular flexibility index (Phi) is 7.12. The van der Waals surface area contributed by atoms with Gasteiger partial charge in [0.1, 0.15) is 11.6 Å². The number of nitrogens with one attached hydrogen (secondary N) is 1. The summed E-state index contributed by atoms with van der Waals surface area (Å²) in [5.74, 6) is -0.822. The van der Waals surface area contributed by atoms with Gasteiger partial charge in [-0.3, -0.25) is 20.0 Å². The van der Waals surface area contributed by atoms with Gasteiger partial charge >= 0.3 is 0 Å². The zero-order chi connectivity index (χ0) is 24.2. The van der Waals surface area contributed by atoms with Crippen molar-refractivity contribution < 1.29 is 18.7 Å². The number of hydrogen-bond donors (Lipinski definition) is 1. The summed E-state index contributed by atoms with van der Waals surface area (Å²) < 4.78 is 21.4. The van der Waals surface area contributed by atoms with Gasteiger partial charge < -0.3 is 9.30 Å². The minimum atomic E-state index is -0.448. The van der Waals surface area contributed by atoms with Crippen LogP contribution in [0.15, 0.2) is 59.5 Å². The zero-order valence-electron chi connectivity index (χ0n) is 18.8. The van der Waals surface area contributed by atoms with E-state index < -0.39 is 11.8 Å². The standard InChI is InChI=1S/C25H24BrFN4O3/c1-16-14-30(15-28-16)22-9-5-17(12-23(22)34-2)6-10-24(32)29-31-11-3-4-20(25(31)33)19-8-7-18(27)13-21(19)26/h5-10,12-15,20H,3-4,11H2,1-2H3,(H,29,32). The van der Waals surface area contributed by atoms with Crippen LogP contribution in [0.5, 0.6) is 5.75 Å². The van der Waals surface area contributed by atoms with Crippen LogP contribution in [0.2, 0.25) is 0 Å². The topological polar surface area (TPSA) is 76.5 Å². The summed E-state index contributed by atoms with van der Waals surface area (Å²) in [6, 6.07) is 9.86. The van der Waals surface area contributed by atoms with Crippen molar-refractivity contribution in [3.63, 3.8) is 0 Å². The second-order valence-corrected chi connectivity index (χ2v) is 8.87. The first-order valence-corrected chi connectivity index (χ1v) is 11.6. The van der Waals surface area contributed by atoms with Crippen molar-refractivity contribution in [2.75, 3.05) is 13.7 Å². The van der Waals surface area contributed by atoms with E-state index in [0.717, 1.165) is 23.4 Å². The van der Waals surface area contributed by atoms with Crippen molar-refractivity contribution >= 4 is 33.8 Å². The molecule has 2 heterocycles. The third kappa shape index (κ3) is 5.20. The molecule has 1 aliphatic rings. The van der Waals surface area contributed by atoms with Crippen LogP contribution in [0.25, 0.3) is 11.8 Å². The van der Waals surface area contributed by atoms with Crippen LogP contribution >= 0.6 is 15.9 Å². The second kappa shape index (κ2) is 10.2. The Morgan fingerprint density at radius 3 is 2.82 bits per heavy atom. The Hall–Kier alpha value is -3.46. The molecule has 2 aromatic carbocycles. The van der Waals surface area contributed by atoms with Crippen molar-refractivity contribution in [3.8, 4) is 11.4 Å². The highest BCUT2D eigenvalue weighted by Gasteiger charge is 2.32. The van der Waals surface area contributed by atoms with E-state index >= 15 is 0 Å². The number of nitrogens with zero attached hydrogens (tertiary/aromatic N) is 3. The number of ether oxygens (including phenoxy) is 1. The molecule has 3 aromatic rings. The van der Waals surface area contributed by atoms with Gasteiger partial charge in [-0.15, -0.1) is 0 Å². The lowest BCUT2D eigenvalue weighted by molar-refractivity contribution is -0.143. The first-order chi connectivity index (χ1) is 16.4. The summed E-state index contributed by atoms with van der Waals surface area (Å²) in [4.78, 5) is 29.7. The van der Waals surface area contributed by atoms with E-state index in [0.29, 0.717) is 28.8 Å².